The van der Waals surface area contributed by atoms with Gasteiger partial charge in [0, 0.05) is 13.0 Å². The first-order valence-electron chi connectivity index (χ1n) is 9.26. The zero-order valence-electron chi connectivity index (χ0n) is 16.0. The number of amides is 3. The van der Waals surface area contributed by atoms with Crippen LogP contribution in [0.4, 0.5) is 14.5 Å². The first kappa shape index (κ1) is 21.7. The molecule has 30 heavy (non-hydrogen) atoms. The number of aromatic nitrogens is 2. The van der Waals surface area contributed by atoms with Gasteiger partial charge >= 0.3 is 0 Å². The van der Waals surface area contributed by atoms with Crippen LogP contribution in [0.3, 0.4) is 0 Å². The number of benzene rings is 1. The standard InChI is InChI=1S/C19H20ClF2N5O3/c1-23-18(29)15-16(25-8-24-15)19(30)27-14-4-2-9(6-12(14)22)17(28)26-13-5-3-10(21)7-11(13)20/h3,5,7-9,12,14H,2,4,6H2,1H3,(H,23,29)(H,24,25)(H,26,28)(H,27,30)/t9-,12+,14-/m1/s1. The quantitative estimate of drug-likeness (QED) is 0.572. The number of carbonyl (C=O) groups is 3. The molecule has 0 saturated heterocycles. The summed E-state index contributed by atoms with van der Waals surface area (Å²) in [4.78, 5) is 43.0. The number of hydrogen-bond acceptors (Lipinski definition) is 4. The normalized spacial score (nSPS) is 21.0. The summed E-state index contributed by atoms with van der Waals surface area (Å²) in [6, 6.07) is 2.75. The zero-order valence-corrected chi connectivity index (χ0v) is 16.7. The Hall–Kier alpha value is -3.01. The van der Waals surface area contributed by atoms with Gasteiger partial charge in [0.15, 0.2) is 5.69 Å². The molecule has 1 aromatic heterocycles. The second kappa shape index (κ2) is 9.21. The molecule has 0 spiro atoms. The molecule has 1 aromatic carbocycles. The fraction of sp³-hybridized carbons (Fsp3) is 0.368. The number of H-pyrrole nitrogens is 1. The Morgan fingerprint density at radius 2 is 2.00 bits per heavy atom. The van der Waals surface area contributed by atoms with Crippen LogP contribution >= 0.6 is 11.6 Å². The van der Waals surface area contributed by atoms with Crippen molar-refractivity contribution in [3.05, 3.63) is 46.8 Å². The molecule has 1 saturated carbocycles. The van der Waals surface area contributed by atoms with E-state index in [1.165, 1.54) is 19.4 Å². The predicted molar refractivity (Wildman–Crippen MR) is 106 cm³/mol. The van der Waals surface area contributed by atoms with Crippen LogP contribution in [0.5, 0.6) is 0 Å². The van der Waals surface area contributed by atoms with Gasteiger partial charge in [-0.3, -0.25) is 14.4 Å². The average Bonchev–Trinajstić information content (AvgIpc) is 3.21. The summed E-state index contributed by atoms with van der Waals surface area (Å²) in [5, 5.41) is 7.56. The highest BCUT2D eigenvalue weighted by Crippen LogP contribution is 2.30. The second-order valence-electron chi connectivity index (χ2n) is 6.92. The molecule has 160 valence electrons. The van der Waals surface area contributed by atoms with E-state index in [-0.39, 0.29) is 34.9 Å². The summed E-state index contributed by atoms with van der Waals surface area (Å²) >= 11 is 5.90. The smallest absolute Gasteiger partial charge is 0.272 e. The van der Waals surface area contributed by atoms with Gasteiger partial charge in [0.2, 0.25) is 5.91 Å². The van der Waals surface area contributed by atoms with Gasteiger partial charge in [-0.1, -0.05) is 11.6 Å². The molecular weight excluding hydrogens is 420 g/mol. The molecular formula is C19H20ClF2N5O3. The van der Waals surface area contributed by atoms with E-state index in [1.807, 2.05) is 0 Å². The van der Waals surface area contributed by atoms with Crippen LogP contribution in [0, 0.1) is 11.7 Å². The van der Waals surface area contributed by atoms with E-state index >= 15 is 0 Å². The van der Waals surface area contributed by atoms with Crippen molar-refractivity contribution in [3.8, 4) is 0 Å². The summed E-state index contributed by atoms with van der Waals surface area (Å²) in [5.74, 6) is -2.78. The predicted octanol–water partition coefficient (Wildman–Crippen LogP) is 2.44. The summed E-state index contributed by atoms with van der Waals surface area (Å²) < 4.78 is 27.8. The zero-order chi connectivity index (χ0) is 21.8. The number of hydrogen-bond donors (Lipinski definition) is 4. The molecule has 3 atom stereocenters. The van der Waals surface area contributed by atoms with Gasteiger partial charge in [-0.15, -0.1) is 0 Å². The molecule has 8 nitrogen and oxygen atoms in total. The summed E-state index contributed by atoms with van der Waals surface area (Å²) in [5.41, 5.74) is 0.0937. The van der Waals surface area contributed by atoms with E-state index in [0.717, 1.165) is 12.1 Å². The lowest BCUT2D eigenvalue weighted by atomic mass is 9.84. The maximum Gasteiger partial charge on any atom is 0.272 e. The van der Waals surface area contributed by atoms with Crippen LogP contribution in [-0.4, -0.2) is 47.0 Å². The van der Waals surface area contributed by atoms with Crippen molar-refractivity contribution >= 4 is 35.0 Å². The van der Waals surface area contributed by atoms with Crippen molar-refractivity contribution in [2.75, 3.05) is 12.4 Å². The Bertz CT molecular complexity index is 967. The van der Waals surface area contributed by atoms with Crippen molar-refractivity contribution < 1.29 is 23.2 Å². The average molecular weight is 440 g/mol. The number of halogens is 3. The molecule has 1 aliphatic rings. The lowest BCUT2D eigenvalue weighted by Crippen LogP contribution is -2.47. The molecule has 0 bridgehead atoms. The minimum absolute atomic E-state index is 0.0188. The van der Waals surface area contributed by atoms with Crippen LogP contribution < -0.4 is 16.0 Å². The fourth-order valence-corrected chi connectivity index (χ4v) is 3.56. The van der Waals surface area contributed by atoms with Crippen molar-refractivity contribution in [2.45, 2.75) is 31.5 Å². The Balaban J connectivity index is 1.58. The number of rotatable bonds is 5. The van der Waals surface area contributed by atoms with Crippen LogP contribution in [0.25, 0.3) is 0 Å². The SMILES string of the molecule is CNC(=O)c1[nH]cnc1C(=O)N[C@@H]1CC[C@@H](C(=O)Nc2ccc(F)cc2Cl)C[C@@H]1F. The molecule has 1 aliphatic carbocycles. The van der Waals surface area contributed by atoms with Gasteiger partial charge in [0.1, 0.15) is 17.7 Å². The van der Waals surface area contributed by atoms with E-state index in [0.29, 0.717) is 6.42 Å². The Morgan fingerprint density at radius 1 is 1.23 bits per heavy atom. The van der Waals surface area contributed by atoms with E-state index in [2.05, 4.69) is 25.9 Å². The number of nitrogens with zero attached hydrogens (tertiary/aromatic N) is 1. The van der Waals surface area contributed by atoms with Gasteiger partial charge in [-0.2, -0.15) is 0 Å². The number of nitrogens with one attached hydrogen (secondary N) is 4. The minimum atomic E-state index is -1.47. The van der Waals surface area contributed by atoms with Gasteiger partial charge < -0.3 is 20.9 Å². The molecule has 3 rings (SSSR count). The van der Waals surface area contributed by atoms with Crippen molar-refractivity contribution in [1.29, 1.82) is 0 Å². The van der Waals surface area contributed by atoms with E-state index in [1.54, 1.807) is 0 Å². The maximum atomic E-state index is 14.7. The molecule has 4 N–H and O–H groups in total. The van der Waals surface area contributed by atoms with E-state index in [9.17, 15) is 23.2 Å². The topological polar surface area (TPSA) is 116 Å². The molecule has 2 aromatic rings. The lowest BCUT2D eigenvalue weighted by molar-refractivity contribution is -0.121. The monoisotopic (exact) mass is 439 g/mol. The second-order valence-corrected chi connectivity index (χ2v) is 7.33. The maximum absolute atomic E-state index is 14.7. The molecule has 3 amide bonds. The van der Waals surface area contributed by atoms with Crippen molar-refractivity contribution in [2.24, 2.45) is 5.92 Å². The Morgan fingerprint density at radius 3 is 2.67 bits per heavy atom. The Labute approximate surface area is 175 Å². The van der Waals surface area contributed by atoms with Crippen LogP contribution in [0.2, 0.25) is 5.02 Å². The highest BCUT2D eigenvalue weighted by molar-refractivity contribution is 6.33. The van der Waals surface area contributed by atoms with Gasteiger partial charge in [0.05, 0.1) is 23.1 Å². The number of aromatic amines is 1. The Kier molecular flexibility index (Phi) is 6.66. The minimum Gasteiger partial charge on any atom is -0.354 e. The number of carbonyl (C=O) groups excluding carboxylic acids is 3. The van der Waals surface area contributed by atoms with Gasteiger partial charge in [0.25, 0.3) is 11.8 Å². The largest absolute Gasteiger partial charge is 0.354 e. The summed E-state index contributed by atoms with van der Waals surface area (Å²) in [6.45, 7) is 0. The molecule has 1 heterocycles. The van der Waals surface area contributed by atoms with Gasteiger partial charge in [-0.25, -0.2) is 13.8 Å². The third-order valence-electron chi connectivity index (χ3n) is 4.96. The van der Waals surface area contributed by atoms with E-state index in [4.69, 9.17) is 11.6 Å². The number of imidazole rings is 1. The number of alkyl halides is 1. The first-order chi connectivity index (χ1) is 14.3. The van der Waals surface area contributed by atoms with Crippen LogP contribution in [0.15, 0.2) is 24.5 Å². The van der Waals surface area contributed by atoms with Crippen LogP contribution in [0.1, 0.15) is 40.2 Å². The molecule has 0 aliphatic heterocycles. The highest BCUT2D eigenvalue weighted by Gasteiger charge is 2.36. The third kappa shape index (κ3) is 4.76. The molecule has 0 radical (unpaired) electrons. The summed E-state index contributed by atoms with van der Waals surface area (Å²) in [7, 11) is 1.41. The third-order valence-corrected chi connectivity index (χ3v) is 5.27. The molecule has 11 heteroatoms. The number of anilines is 1. The lowest BCUT2D eigenvalue weighted by Gasteiger charge is -2.31. The molecule has 0 unspecified atom stereocenters. The van der Waals surface area contributed by atoms with Gasteiger partial charge in [-0.05, 0) is 37.5 Å². The van der Waals surface area contributed by atoms with Crippen molar-refractivity contribution in [3.63, 3.8) is 0 Å². The molecule has 1 fully saturated rings. The van der Waals surface area contributed by atoms with E-state index < -0.39 is 41.7 Å². The highest BCUT2D eigenvalue weighted by atomic mass is 35.5. The summed E-state index contributed by atoms with van der Waals surface area (Å²) in [6.07, 6.45) is 0.192. The first-order valence-corrected chi connectivity index (χ1v) is 9.64. The fourth-order valence-electron chi connectivity index (χ4n) is 3.34. The van der Waals surface area contributed by atoms with Crippen molar-refractivity contribution in [1.82, 2.24) is 20.6 Å². The van der Waals surface area contributed by atoms with Crippen LogP contribution in [-0.2, 0) is 4.79 Å².